The molecule has 7 heteroatoms. The van der Waals surface area contributed by atoms with Crippen molar-refractivity contribution in [3.05, 3.63) is 41.6 Å². The fourth-order valence-electron chi connectivity index (χ4n) is 3.87. The second-order valence-electron chi connectivity index (χ2n) is 7.41. The molecule has 1 fully saturated rings. The predicted octanol–water partition coefficient (Wildman–Crippen LogP) is 1.36. The summed E-state index contributed by atoms with van der Waals surface area (Å²) < 4.78 is 11.4. The third-order valence-corrected chi connectivity index (χ3v) is 5.45. The van der Waals surface area contributed by atoms with E-state index < -0.39 is 6.10 Å². The van der Waals surface area contributed by atoms with Crippen LogP contribution < -0.4 is 19.7 Å². The molecule has 1 amide bonds. The number of carbonyl (C=O) groups excluding carboxylic acids is 1. The number of benzene rings is 1. The number of fused-ring (bicyclic) bond motifs is 2. The van der Waals surface area contributed by atoms with E-state index in [-0.39, 0.29) is 12.5 Å². The Bertz CT molecular complexity index is 866. The van der Waals surface area contributed by atoms with Gasteiger partial charge in [-0.3, -0.25) is 4.79 Å². The smallest absolute Gasteiger partial charge is 0.264 e. The van der Waals surface area contributed by atoms with E-state index in [1.165, 1.54) is 12.0 Å². The Morgan fingerprint density at radius 1 is 1.19 bits per heavy atom. The lowest BCUT2D eigenvalue weighted by Gasteiger charge is -2.40. The number of aromatic nitrogens is 2. The van der Waals surface area contributed by atoms with Crippen LogP contribution in [-0.2, 0) is 17.6 Å². The van der Waals surface area contributed by atoms with E-state index in [4.69, 9.17) is 9.47 Å². The Morgan fingerprint density at radius 2 is 2.04 bits per heavy atom. The molecule has 2 aliphatic heterocycles. The van der Waals surface area contributed by atoms with E-state index >= 15 is 0 Å². The molecule has 7 nitrogen and oxygen atoms in total. The highest BCUT2D eigenvalue weighted by molar-refractivity contribution is 5.81. The van der Waals surface area contributed by atoms with Crippen molar-refractivity contribution >= 4 is 11.7 Å². The van der Waals surface area contributed by atoms with Crippen LogP contribution in [0.2, 0.25) is 0 Å². The number of rotatable bonds is 4. The lowest BCUT2D eigenvalue weighted by molar-refractivity contribution is -0.130. The van der Waals surface area contributed by atoms with Crippen LogP contribution in [0.15, 0.2) is 30.3 Å². The second kappa shape index (κ2) is 6.72. The third-order valence-electron chi connectivity index (χ3n) is 5.45. The van der Waals surface area contributed by atoms with Gasteiger partial charge < -0.3 is 19.7 Å². The van der Waals surface area contributed by atoms with Gasteiger partial charge in [0.05, 0.1) is 5.69 Å². The number of nitrogens with one attached hydrogen (secondary N) is 1. The fraction of sp³-hybridized carbons (Fsp3) is 0.450. The van der Waals surface area contributed by atoms with Crippen LogP contribution in [0.5, 0.6) is 11.5 Å². The van der Waals surface area contributed by atoms with Crippen molar-refractivity contribution in [3.8, 4) is 11.5 Å². The van der Waals surface area contributed by atoms with Crippen LogP contribution in [0.1, 0.15) is 17.7 Å². The average molecular weight is 366 g/mol. The molecule has 1 N–H and O–H groups in total. The summed E-state index contributed by atoms with van der Waals surface area (Å²) in [6.45, 7) is 2.65. The zero-order chi connectivity index (χ0) is 18.2. The molecule has 140 valence electrons. The first kappa shape index (κ1) is 16.4. The normalized spacial score (nSPS) is 20.7. The van der Waals surface area contributed by atoms with Crippen LogP contribution in [-0.4, -0.2) is 48.4 Å². The van der Waals surface area contributed by atoms with E-state index in [0.717, 1.165) is 37.4 Å². The van der Waals surface area contributed by atoms with Gasteiger partial charge in [-0.05, 0) is 43.0 Å². The van der Waals surface area contributed by atoms with Gasteiger partial charge in [-0.1, -0.05) is 12.1 Å². The summed E-state index contributed by atoms with van der Waals surface area (Å²) in [5.41, 5.74) is 2.49. The Balaban J connectivity index is 1.10. The quantitative estimate of drug-likeness (QED) is 0.881. The van der Waals surface area contributed by atoms with Gasteiger partial charge in [-0.25, -0.2) is 0 Å². The maximum Gasteiger partial charge on any atom is 0.264 e. The monoisotopic (exact) mass is 366 g/mol. The predicted molar refractivity (Wildman–Crippen MR) is 99.1 cm³/mol. The van der Waals surface area contributed by atoms with Crippen molar-refractivity contribution in [2.75, 3.05) is 31.1 Å². The molecule has 27 heavy (non-hydrogen) atoms. The molecule has 2 aromatic rings. The molecular formula is C20H22N4O3. The number of amides is 1. The van der Waals surface area contributed by atoms with E-state index in [1.807, 2.05) is 24.3 Å². The Labute approximate surface area is 157 Å². The molecule has 5 rings (SSSR count). The van der Waals surface area contributed by atoms with Crippen molar-refractivity contribution in [1.82, 2.24) is 15.5 Å². The molecule has 0 radical (unpaired) electrons. The maximum absolute atomic E-state index is 12.4. The summed E-state index contributed by atoms with van der Waals surface area (Å²) in [4.78, 5) is 14.6. The lowest BCUT2D eigenvalue weighted by atomic mass is 10.00. The Kier molecular flexibility index (Phi) is 4.07. The zero-order valence-electron chi connectivity index (χ0n) is 15.1. The van der Waals surface area contributed by atoms with Gasteiger partial charge in [0.25, 0.3) is 5.91 Å². The molecule has 3 aliphatic rings. The molecule has 1 saturated heterocycles. The maximum atomic E-state index is 12.4. The average Bonchev–Trinajstić information content (AvgIpc) is 3.14. The highest BCUT2D eigenvalue weighted by atomic mass is 16.6. The lowest BCUT2D eigenvalue weighted by Crippen LogP contribution is -2.54. The van der Waals surface area contributed by atoms with E-state index in [9.17, 15) is 4.79 Å². The van der Waals surface area contributed by atoms with Crippen LogP contribution in [0.4, 0.5) is 5.82 Å². The molecule has 0 bridgehead atoms. The van der Waals surface area contributed by atoms with Gasteiger partial charge >= 0.3 is 0 Å². The highest BCUT2D eigenvalue weighted by Crippen LogP contribution is 2.31. The van der Waals surface area contributed by atoms with E-state index in [2.05, 4.69) is 26.5 Å². The van der Waals surface area contributed by atoms with Gasteiger partial charge in [0.1, 0.15) is 6.61 Å². The molecule has 3 heterocycles. The van der Waals surface area contributed by atoms with Crippen molar-refractivity contribution < 1.29 is 14.3 Å². The van der Waals surface area contributed by atoms with Gasteiger partial charge in [-0.15, -0.1) is 5.10 Å². The van der Waals surface area contributed by atoms with Gasteiger partial charge in [0.2, 0.25) is 6.10 Å². The second-order valence-corrected chi connectivity index (χ2v) is 7.41. The SMILES string of the molecule is O=C(NCC1CN(c2cc3c(nn2)CCC3)C1)C1COc2ccccc2O1. The molecule has 1 atom stereocenters. The number of para-hydroxylation sites is 2. The number of anilines is 1. The summed E-state index contributed by atoms with van der Waals surface area (Å²) >= 11 is 0. The van der Waals surface area contributed by atoms with Crippen LogP contribution in [0, 0.1) is 5.92 Å². The Hall–Kier alpha value is -2.83. The number of nitrogens with zero attached hydrogens (tertiary/aromatic N) is 3. The van der Waals surface area contributed by atoms with Crippen molar-refractivity contribution in [3.63, 3.8) is 0 Å². The minimum Gasteiger partial charge on any atom is -0.485 e. The largest absolute Gasteiger partial charge is 0.485 e. The van der Waals surface area contributed by atoms with E-state index in [1.54, 1.807) is 0 Å². The number of aryl methyl sites for hydroxylation is 2. The third kappa shape index (κ3) is 3.18. The Morgan fingerprint density at radius 3 is 2.93 bits per heavy atom. The minimum absolute atomic E-state index is 0.125. The summed E-state index contributed by atoms with van der Waals surface area (Å²) in [5, 5.41) is 11.7. The zero-order valence-corrected chi connectivity index (χ0v) is 15.1. The summed E-state index contributed by atoms with van der Waals surface area (Å²) in [5.74, 6) is 2.56. The first-order valence-electron chi connectivity index (χ1n) is 9.53. The number of carbonyl (C=O) groups is 1. The summed E-state index contributed by atoms with van der Waals surface area (Å²) in [7, 11) is 0. The molecule has 1 unspecified atom stereocenters. The molecule has 1 aromatic carbocycles. The first-order chi connectivity index (χ1) is 13.3. The van der Waals surface area contributed by atoms with Crippen LogP contribution in [0.3, 0.4) is 0 Å². The van der Waals surface area contributed by atoms with Crippen LogP contribution in [0.25, 0.3) is 0 Å². The van der Waals surface area contributed by atoms with E-state index in [0.29, 0.717) is 24.0 Å². The van der Waals surface area contributed by atoms with Gasteiger partial charge in [-0.2, -0.15) is 5.10 Å². The molecule has 1 aromatic heterocycles. The van der Waals surface area contributed by atoms with Gasteiger partial charge in [0, 0.05) is 25.6 Å². The van der Waals surface area contributed by atoms with Gasteiger partial charge in [0.15, 0.2) is 17.3 Å². The molecule has 0 spiro atoms. The topological polar surface area (TPSA) is 76.6 Å². The molecule has 1 aliphatic carbocycles. The van der Waals surface area contributed by atoms with Crippen molar-refractivity contribution in [2.45, 2.75) is 25.4 Å². The number of hydrogen-bond acceptors (Lipinski definition) is 6. The minimum atomic E-state index is -0.598. The molecule has 0 saturated carbocycles. The van der Waals surface area contributed by atoms with Crippen molar-refractivity contribution in [2.24, 2.45) is 5.92 Å². The standard InChI is InChI=1S/C20H22N4O3/c25-20(18-12-26-16-6-1-2-7-17(16)27-18)21-9-13-10-24(11-13)19-8-14-4-3-5-15(14)22-23-19/h1-2,6-8,13,18H,3-5,9-12H2,(H,21,25). The molecular weight excluding hydrogens is 344 g/mol. The first-order valence-corrected chi connectivity index (χ1v) is 9.53. The summed E-state index contributed by atoms with van der Waals surface area (Å²) in [6.07, 6.45) is 2.74. The fourth-order valence-corrected chi connectivity index (χ4v) is 3.87. The highest BCUT2D eigenvalue weighted by Gasteiger charge is 2.32. The van der Waals surface area contributed by atoms with Crippen molar-refractivity contribution in [1.29, 1.82) is 0 Å². The summed E-state index contributed by atoms with van der Waals surface area (Å²) in [6, 6.07) is 9.59. The van der Waals surface area contributed by atoms with Crippen LogP contribution >= 0.6 is 0 Å². The number of ether oxygens (including phenoxy) is 2. The number of hydrogen-bond donors (Lipinski definition) is 1.